The Labute approximate surface area is 310 Å². The standard InChI is InChI=1S/C24H44N6O12S6/c25-9(3-43)19(31)37-1-15(39-21(33)11(27)5-45)17(41-23(35)13(29)7-47)18(42-24(36)14(30)8-48)16(40-22(34)12(28)6-46)2-38-20(32)10(26)4-44/h9-18,43-48H,1-8,25-30H2/t9-,10-,11-,12-,13-,14-,15-,16+,17+,18+/m0/s1. The second-order valence-corrected chi connectivity index (χ2v) is 11.9. The van der Waals surface area contributed by atoms with E-state index in [0.29, 0.717) is 0 Å². The molecule has 0 aliphatic carbocycles. The predicted octanol–water partition coefficient (Wildman–Crippen LogP) is -4.74. The minimum atomic E-state index is -2.07. The summed E-state index contributed by atoms with van der Waals surface area (Å²) in [6.07, 6.45) is -7.96. The van der Waals surface area contributed by atoms with Gasteiger partial charge in [-0.25, -0.2) is 0 Å². The maximum absolute atomic E-state index is 13.1. The summed E-state index contributed by atoms with van der Waals surface area (Å²) in [5, 5.41) is 0. The van der Waals surface area contributed by atoms with Crippen LogP contribution in [0, 0.1) is 0 Å². The predicted molar refractivity (Wildman–Crippen MR) is 192 cm³/mol. The van der Waals surface area contributed by atoms with Gasteiger partial charge in [-0.3, -0.25) is 28.8 Å². The Balaban J connectivity index is 7.46. The van der Waals surface area contributed by atoms with Crippen molar-refractivity contribution in [1.82, 2.24) is 0 Å². The summed E-state index contributed by atoms with van der Waals surface area (Å²) in [5.74, 6) is -8.12. The molecule has 278 valence electrons. The summed E-state index contributed by atoms with van der Waals surface area (Å²) in [4.78, 5) is 77.0. The third kappa shape index (κ3) is 16.1. The molecule has 0 heterocycles. The number of thiol groups is 6. The van der Waals surface area contributed by atoms with Crippen molar-refractivity contribution >= 4 is 112 Å². The van der Waals surface area contributed by atoms with E-state index in [0.717, 1.165) is 0 Å². The minimum Gasteiger partial charge on any atom is -0.460 e. The van der Waals surface area contributed by atoms with Gasteiger partial charge < -0.3 is 62.8 Å². The lowest BCUT2D eigenvalue weighted by Gasteiger charge is -2.37. The van der Waals surface area contributed by atoms with Crippen molar-refractivity contribution in [3.05, 3.63) is 0 Å². The van der Waals surface area contributed by atoms with Crippen LogP contribution in [0.1, 0.15) is 0 Å². The van der Waals surface area contributed by atoms with Crippen LogP contribution >= 0.6 is 75.8 Å². The van der Waals surface area contributed by atoms with E-state index in [9.17, 15) is 28.8 Å². The maximum Gasteiger partial charge on any atom is 0.324 e. The molecule has 0 bridgehead atoms. The monoisotopic (exact) mass is 800 g/mol. The highest BCUT2D eigenvalue weighted by molar-refractivity contribution is 7.81. The van der Waals surface area contributed by atoms with Gasteiger partial charge in [0.25, 0.3) is 0 Å². The van der Waals surface area contributed by atoms with Gasteiger partial charge in [-0.2, -0.15) is 75.8 Å². The lowest BCUT2D eigenvalue weighted by Crippen LogP contribution is -2.58. The van der Waals surface area contributed by atoms with E-state index in [4.69, 9.17) is 62.8 Å². The molecule has 24 heteroatoms. The molecule has 0 saturated carbocycles. The molecule has 0 aliphatic heterocycles. The van der Waals surface area contributed by atoms with Crippen LogP contribution in [0.5, 0.6) is 0 Å². The molecule has 0 aromatic rings. The Bertz CT molecular complexity index is 992. The molecule has 0 rings (SSSR count). The molecular formula is C24H44N6O12S6. The first-order valence-corrected chi connectivity index (χ1v) is 17.7. The Morgan fingerprint density at radius 1 is 0.375 bits per heavy atom. The number of carbonyl (C=O) groups excluding carboxylic acids is 6. The zero-order valence-corrected chi connectivity index (χ0v) is 30.8. The van der Waals surface area contributed by atoms with Gasteiger partial charge in [0.15, 0.2) is 24.4 Å². The first-order chi connectivity index (χ1) is 22.5. The molecule has 12 N–H and O–H groups in total. The average Bonchev–Trinajstić information content (AvgIpc) is 3.09. The molecule has 0 unspecified atom stereocenters. The third-order valence-electron chi connectivity index (χ3n) is 5.87. The molecule has 0 aromatic heterocycles. The van der Waals surface area contributed by atoms with Crippen LogP contribution in [0.2, 0.25) is 0 Å². The highest BCUT2D eigenvalue weighted by Crippen LogP contribution is 2.22. The van der Waals surface area contributed by atoms with Crippen molar-refractivity contribution in [2.75, 3.05) is 47.7 Å². The van der Waals surface area contributed by atoms with Crippen molar-refractivity contribution in [3.63, 3.8) is 0 Å². The zero-order chi connectivity index (χ0) is 37.1. The van der Waals surface area contributed by atoms with Gasteiger partial charge >= 0.3 is 35.8 Å². The normalized spacial score (nSPS) is 17.5. The Morgan fingerprint density at radius 3 is 0.812 bits per heavy atom. The largest absolute Gasteiger partial charge is 0.460 e. The first kappa shape index (κ1) is 46.7. The van der Waals surface area contributed by atoms with Crippen molar-refractivity contribution in [2.45, 2.75) is 60.7 Å². The Hall–Kier alpha value is -1.32. The zero-order valence-electron chi connectivity index (χ0n) is 25.5. The molecule has 0 fully saturated rings. The Kier molecular flexibility index (Phi) is 24.1. The van der Waals surface area contributed by atoms with Crippen LogP contribution < -0.4 is 34.4 Å². The molecule has 10 atom stereocenters. The van der Waals surface area contributed by atoms with E-state index in [1.54, 1.807) is 0 Å². The summed E-state index contributed by atoms with van der Waals surface area (Å²) in [7, 11) is 0. The quantitative estimate of drug-likeness (QED) is 0.0262. The summed E-state index contributed by atoms with van der Waals surface area (Å²) >= 11 is 23.7. The summed E-state index contributed by atoms with van der Waals surface area (Å²) in [6, 6.07) is -8.09. The Morgan fingerprint density at radius 2 is 0.583 bits per heavy atom. The van der Waals surface area contributed by atoms with E-state index in [2.05, 4.69) is 75.8 Å². The van der Waals surface area contributed by atoms with E-state index in [-0.39, 0.29) is 34.5 Å². The van der Waals surface area contributed by atoms with Crippen molar-refractivity contribution in [2.24, 2.45) is 34.4 Å². The average molecular weight is 801 g/mol. The smallest absolute Gasteiger partial charge is 0.324 e. The molecule has 0 amide bonds. The van der Waals surface area contributed by atoms with Gasteiger partial charge in [-0.1, -0.05) is 0 Å². The van der Waals surface area contributed by atoms with E-state index < -0.39 is 110 Å². The number of ether oxygens (including phenoxy) is 6. The number of rotatable bonds is 23. The summed E-state index contributed by atoms with van der Waals surface area (Å²) in [5.41, 5.74) is 34.5. The molecule has 0 saturated heterocycles. The molecule has 0 aromatic carbocycles. The minimum absolute atomic E-state index is 0.159. The molecule has 18 nitrogen and oxygen atoms in total. The number of hydrogen-bond donors (Lipinski definition) is 12. The second-order valence-electron chi connectivity index (χ2n) is 9.75. The lowest BCUT2D eigenvalue weighted by atomic mass is 10.0. The SMILES string of the molecule is N[C@@H](CS)C(=O)OC[C@H](OC(=O)[C@@H](N)CS)[C@@H](OC(=O)[C@@H](N)CS)[C@H](OC(=O)[C@@H](N)CS)[C@@H](COC(=O)[C@@H](N)CS)OC(=O)[C@@H](N)CS. The molecule has 0 aliphatic rings. The van der Waals surface area contributed by atoms with Gasteiger partial charge in [-0.15, -0.1) is 0 Å². The fourth-order valence-corrected chi connectivity index (χ4v) is 3.90. The molecular weight excluding hydrogens is 757 g/mol. The molecule has 0 radical (unpaired) electrons. The number of nitrogens with two attached hydrogens (primary N) is 6. The van der Waals surface area contributed by atoms with E-state index in [1.165, 1.54) is 0 Å². The summed E-state index contributed by atoms with van der Waals surface area (Å²) < 4.78 is 32.4. The molecule has 0 spiro atoms. The van der Waals surface area contributed by atoms with Crippen LogP contribution in [0.25, 0.3) is 0 Å². The van der Waals surface area contributed by atoms with Gasteiger partial charge in [0.05, 0.1) is 0 Å². The first-order valence-electron chi connectivity index (χ1n) is 13.9. The van der Waals surface area contributed by atoms with Gasteiger partial charge in [0.1, 0.15) is 49.5 Å². The van der Waals surface area contributed by atoms with Crippen LogP contribution in [0.15, 0.2) is 0 Å². The van der Waals surface area contributed by atoms with Gasteiger partial charge in [-0.05, 0) is 0 Å². The van der Waals surface area contributed by atoms with Crippen LogP contribution in [0.4, 0.5) is 0 Å². The van der Waals surface area contributed by atoms with Gasteiger partial charge in [0, 0.05) is 34.5 Å². The topological polar surface area (TPSA) is 314 Å². The number of carbonyl (C=O) groups is 6. The molecule has 48 heavy (non-hydrogen) atoms. The van der Waals surface area contributed by atoms with Crippen LogP contribution in [-0.2, 0) is 57.2 Å². The van der Waals surface area contributed by atoms with Crippen molar-refractivity contribution in [3.8, 4) is 0 Å². The fraction of sp³-hybridized carbons (Fsp3) is 0.750. The van der Waals surface area contributed by atoms with Crippen molar-refractivity contribution < 1.29 is 57.2 Å². The van der Waals surface area contributed by atoms with Crippen molar-refractivity contribution in [1.29, 1.82) is 0 Å². The van der Waals surface area contributed by atoms with E-state index >= 15 is 0 Å². The van der Waals surface area contributed by atoms with Crippen LogP contribution in [0.3, 0.4) is 0 Å². The third-order valence-corrected chi connectivity index (χ3v) is 8.23. The van der Waals surface area contributed by atoms with E-state index in [1.807, 2.05) is 0 Å². The van der Waals surface area contributed by atoms with Crippen LogP contribution in [-0.4, -0.2) is 144 Å². The fourth-order valence-electron chi connectivity index (χ4n) is 3.01. The maximum atomic E-state index is 13.1. The number of esters is 6. The number of hydrogen-bond acceptors (Lipinski definition) is 24. The second kappa shape index (κ2) is 24.8. The summed E-state index contributed by atoms with van der Waals surface area (Å²) in [6.45, 7) is -1.85. The van der Waals surface area contributed by atoms with Gasteiger partial charge in [0.2, 0.25) is 0 Å². The lowest BCUT2D eigenvalue weighted by molar-refractivity contribution is -0.210. The highest BCUT2D eigenvalue weighted by atomic mass is 32.1. The highest BCUT2D eigenvalue weighted by Gasteiger charge is 2.47.